The Bertz CT molecular complexity index is 463. The molecule has 2 aliphatic heterocycles. The molecule has 0 aromatic heterocycles. The molecule has 2 heterocycles. The molecule has 1 saturated heterocycles. The SMILES string of the molecule is CC1CC(NCc2cc3c(cc2O)OCO3)CCO1. The van der Waals surface area contributed by atoms with E-state index in [1.807, 2.05) is 6.07 Å². The number of aromatic hydroxyl groups is 1. The lowest BCUT2D eigenvalue weighted by Crippen LogP contribution is -2.37. The molecule has 1 aromatic carbocycles. The summed E-state index contributed by atoms with van der Waals surface area (Å²) in [6, 6.07) is 3.90. The maximum Gasteiger partial charge on any atom is 0.231 e. The van der Waals surface area contributed by atoms with Crippen molar-refractivity contribution in [3.8, 4) is 17.2 Å². The van der Waals surface area contributed by atoms with E-state index in [-0.39, 0.29) is 12.5 Å². The summed E-state index contributed by atoms with van der Waals surface area (Å²) in [6.45, 7) is 3.74. The van der Waals surface area contributed by atoms with Gasteiger partial charge in [0, 0.05) is 30.8 Å². The first-order valence-corrected chi connectivity index (χ1v) is 6.69. The summed E-state index contributed by atoms with van der Waals surface area (Å²) in [5.74, 6) is 1.56. The molecule has 2 aliphatic rings. The van der Waals surface area contributed by atoms with Crippen LogP contribution in [-0.4, -0.2) is 30.7 Å². The van der Waals surface area contributed by atoms with Crippen LogP contribution in [0.2, 0.25) is 0 Å². The van der Waals surface area contributed by atoms with Crippen molar-refractivity contribution in [3.05, 3.63) is 17.7 Å². The van der Waals surface area contributed by atoms with Gasteiger partial charge in [-0.05, 0) is 25.8 Å². The number of ether oxygens (including phenoxy) is 3. The van der Waals surface area contributed by atoms with E-state index in [4.69, 9.17) is 14.2 Å². The van der Waals surface area contributed by atoms with E-state index >= 15 is 0 Å². The van der Waals surface area contributed by atoms with Crippen molar-refractivity contribution in [3.63, 3.8) is 0 Å². The lowest BCUT2D eigenvalue weighted by molar-refractivity contribution is 0.0130. The second-order valence-corrected chi connectivity index (χ2v) is 5.12. The van der Waals surface area contributed by atoms with Crippen LogP contribution in [0.5, 0.6) is 17.2 Å². The molecule has 104 valence electrons. The topological polar surface area (TPSA) is 60.0 Å². The molecule has 5 nitrogen and oxygen atoms in total. The second-order valence-electron chi connectivity index (χ2n) is 5.12. The Hall–Kier alpha value is -1.46. The van der Waals surface area contributed by atoms with Crippen LogP contribution in [0.4, 0.5) is 0 Å². The average molecular weight is 265 g/mol. The van der Waals surface area contributed by atoms with Crippen molar-refractivity contribution in [2.75, 3.05) is 13.4 Å². The highest BCUT2D eigenvalue weighted by Gasteiger charge is 2.20. The number of benzene rings is 1. The summed E-state index contributed by atoms with van der Waals surface area (Å²) in [7, 11) is 0. The Balaban J connectivity index is 1.63. The van der Waals surface area contributed by atoms with E-state index in [1.54, 1.807) is 6.07 Å². The molecule has 0 amide bonds. The Morgan fingerprint density at radius 1 is 1.32 bits per heavy atom. The predicted molar refractivity (Wildman–Crippen MR) is 69.5 cm³/mol. The van der Waals surface area contributed by atoms with Gasteiger partial charge in [0.05, 0.1) is 6.10 Å². The molecule has 2 N–H and O–H groups in total. The minimum absolute atomic E-state index is 0.225. The van der Waals surface area contributed by atoms with Crippen molar-refractivity contribution in [1.82, 2.24) is 5.32 Å². The summed E-state index contributed by atoms with van der Waals surface area (Å²) < 4.78 is 16.1. The standard InChI is InChI=1S/C14H19NO4/c1-9-4-11(2-3-17-9)15-7-10-5-13-14(6-12(10)16)19-8-18-13/h5-6,9,11,15-16H,2-4,7-8H2,1H3. The smallest absolute Gasteiger partial charge is 0.231 e. The number of phenols is 1. The fourth-order valence-electron chi connectivity index (χ4n) is 2.55. The van der Waals surface area contributed by atoms with E-state index in [0.29, 0.717) is 30.2 Å². The summed E-state index contributed by atoms with van der Waals surface area (Å²) in [5, 5.41) is 13.4. The van der Waals surface area contributed by atoms with E-state index < -0.39 is 0 Å². The molecule has 0 radical (unpaired) electrons. The number of phenolic OH excluding ortho intramolecular Hbond substituents is 1. The Morgan fingerprint density at radius 2 is 2.11 bits per heavy atom. The van der Waals surface area contributed by atoms with Crippen molar-refractivity contribution in [2.45, 2.75) is 38.5 Å². The van der Waals surface area contributed by atoms with Gasteiger partial charge in [-0.25, -0.2) is 0 Å². The van der Waals surface area contributed by atoms with Crippen molar-refractivity contribution < 1.29 is 19.3 Å². The van der Waals surface area contributed by atoms with Gasteiger partial charge >= 0.3 is 0 Å². The van der Waals surface area contributed by atoms with Crippen LogP contribution in [0.25, 0.3) is 0 Å². The number of rotatable bonds is 3. The molecule has 0 aliphatic carbocycles. The number of nitrogens with one attached hydrogen (secondary N) is 1. The van der Waals surface area contributed by atoms with Crippen LogP contribution in [-0.2, 0) is 11.3 Å². The first kappa shape index (κ1) is 12.6. The summed E-state index contributed by atoms with van der Waals surface area (Å²) >= 11 is 0. The molecular formula is C14H19NO4. The van der Waals surface area contributed by atoms with Crippen molar-refractivity contribution >= 4 is 0 Å². The second kappa shape index (κ2) is 5.27. The highest BCUT2D eigenvalue weighted by molar-refractivity contribution is 5.51. The average Bonchev–Trinajstić information content (AvgIpc) is 2.83. The molecule has 2 unspecified atom stereocenters. The molecule has 3 rings (SSSR count). The van der Waals surface area contributed by atoms with Crippen molar-refractivity contribution in [2.24, 2.45) is 0 Å². The molecule has 0 spiro atoms. The molecule has 5 heteroatoms. The first-order valence-electron chi connectivity index (χ1n) is 6.69. The molecular weight excluding hydrogens is 246 g/mol. The van der Waals surface area contributed by atoms with Crippen molar-refractivity contribution in [1.29, 1.82) is 0 Å². The Kier molecular flexibility index (Phi) is 3.48. The van der Waals surface area contributed by atoms with Crippen LogP contribution in [0.15, 0.2) is 12.1 Å². The molecule has 1 aromatic rings. The highest BCUT2D eigenvalue weighted by Crippen LogP contribution is 2.37. The van der Waals surface area contributed by atoms with E-state index in [2.05, 4.69) is 12.2 Å². The van der Waals surface area contributed by atoms with Gasteiger partial charge in [0.1, 0.15) is 5.75 Å². The zero-order valence-electron chi connectivity index (χ0n) is 11.0. The highest BCUT2D eigenvalue weighted by atomic mass is 16.7. The van der Waals surface area contributed by atoms with Gasteiger partial charge in [-0.3, -0.25) is 0 Å². The van der Waals surface area contributed by atoms with Crippen LogP contribution >= 0.6 is 0 Å². The number of hydrogen-bond donors (Lipinski definition) is 2. The summed E-state index contributed by atoms with van der Waals surface area (Å²) in [5.41, 5.74) is 0.836. The molecule has 2 atom stereocenters. The predicted octanol–water partition coefficient (Wildman–Crippen LogP) is 1.78. The Labute approximate surface area is 112 Å². The van der Waals surface area contributed by atoms with Crippen LogP contribution in [0, 0.1) is 0 Å². The number of fused-ring (bicyclic) bond motifs is 1. The van der Waals surface area contributed by atoms with Gasteiger partial charge in [-0.1, -0.05) is 0 Å². The fourth-order valence-corrected chi connectivity index (χ4v) is 2.55. The summed E-state index contributed by atoms with van der Waals surface area (Å²) in [4.78, 5) is 0. The number of hydrogen-bond acceptors (Lipinski definition) is 5. The molecule has 0 bridgehead atoms. The maximum atomic E-state index is 9.96. The largest absolute Gasteiger partial charge is 0.507 e. The third-order valence-electron chi connectivity index (χ3n) is 3.64. The van der Waals surface area contributed by atoms with Gasteiger partial charge in [0.15, 0.2) is 11.5 Å². The molecule has 0 saturated carbocycles. The summed E-state index contributed by atoms with van der Waals surface area (Å²) in [6.07, 6.45) is 2.32. The first-order chi connectivity index (χ1) is 9.22. The normalized spacial score (nSPS) is 25.5. The minimum atomic E-state index is 0.225. The fraction of sp³-hybridized carbons (Fsp3) is 0.571. The minimum Gasteiger partial charge on any atom is -0.507 e. The third-order valence-corrected chi connectivity index (χ3v) is 3.64. The lowest BCUT2D eigenvalue weighted by atomic mass is 10.0. The molecule has 1 fully saturated rings. The van der Waals surface area contributed by atoms with Gasteiger partial charge in [-0.2, -0.15) is 0 Å². The monoisotopic (exact) mass is 265 g/mol. The zero-order valence-corrected chi connectivity index (χ0v) is 11.0. The van der Waals surface area contributed by atoms with Gasteiger partial charge < -0.3 is 24.6 Å². The Morgan fingerprint density at radius 3 is 2.89 bits per heavy atom. The quantitative estimate of drug-likeness (QED) is 0.872. The van der Waals surface area contributed by atoms with E-state index in [0.717, 1.165) is 25.0 Å². The van der Waals surface area contributed by atoms with Gasteiger partial charge in [0.25, 0.3) is 0 Å². The van der Waals surface area contributed by atoms with Crippen LogP contribution < -0.4 is 14.8 Å². The van der Waals surface area contributed by atoms with Crippen LogP contribution in [0.1, 0.15) is 25.3 Å². The van der Waals surface area contributed by atoms with Gasteiger partial charge in [0.2, 0.25) is 6.79 Å². The van der Waals surface area contributed by atoms with Crippen LogP contribution in [0.3, 0.4) is 0 Å². The maximum absolute atomic E-state index is 9.96. The lowest BCUT2D eigenvalue weighted by Gasteiger charge is -2.28. The van der Waals surface area contributed by atoms with E-state index in [9.17, 15) is 5.11 Å². The van der Waals surface area contributed by atoms with Gasteiger partial charge in [-0.15, -0.1) is 0 Å². The third kappa shape index (κ3) is 2.77. The zero-order chi connectivity index (χ0) is 13.2. The molecule has 19 heavy (non-hydrogen) atoms. The van der Waals surface area contributed by atoms with E-state index in [1.165, 1.54) is 0 Å².